The van der Waals surface area contributed by atoms with Crippen LogP contribution in [-0.4, -0.2) is 42.3 Å². The minimum Gasteiger partial charge on any atom is -0.489 e. The van der Waals surface area contributed by atoms with Crippen molar-refractivity contribution in [1.82, 2.24) is 0 Å². The van der Waals surface area contributed by atoms with Crippen molar-refractivity contribution in [2.24, 2.45) is 4.99 Å². The standard InChI is InChI=1S/C21H19N3O4S2/c22-11-10-20(25)23-21-24(18-13-30(26,27)14-19(18)29-21)16-6-8-17(9-7-16)28-12-15-4-2-1-3-5-15/h1-9,18-19H,10,12-14H2/t18-,19-/m0/s1. The molecule has 0 N–H and O–H groups in total. The smallest absolute Gasteiger partial charge is 0.262 e. The van der Waals surface area contributed by atoms with E-state index < -0.39 is 15.7 Å². The van der Waals surface area contributed by atoms with E-state index >= 15 is 0 Å². The Kier molecular flexibility index (Phi) is 5.79. The molecule has 0 saturated carbocycles. The number of amides is 1. The van der Waals surface area contributed by atoms with Gasteiger partial charge in [0.2, 0.25) is 0 Å². The lowest BCUT2D eigenvalue weighted by atomic mass is 10.2. The van der Waals surface area contributed by atoms with Crippen LogP contribution in [0.1, 0.15) is 12.0 Å². The molecule has 4 rings (SSSR count). The van der Waals surface area contributed by atoms with Gasteiger partial charge in [-0.15, -0.1) is 0 Å². The summed E-state index contributed by atoms with van der Waals surface area (Å²) in [4.78, 5) is 17.8. The molecule has 9 heteroatoms. The molecular weight excluding hydrogens is 422 g/mol. The number of fused-ring (bicyclic) bond motifs is 1. The maximum Gasteiger partial charge on any atom is 0.262 e. The van der Waals surface area contributed by atoms with Gasteiger partial charge in [-0.05, 0) is 29.8 Å². The van der Waals surface area contributed by atoms with Crippen LogP contribution < -0.4 is 9.64 Å². The second-order valence-corrected chi connectivity index (χ2v) is 10.4. The van der Waals surface area contributed by atoms with Crippen molar-refractivity contribution in [3.8, 4) is 11.8 Å². The number of nitriles is 1. The summed E-state index contributed by atoms with van der Waals surface area (Å²) >= 11 is 1.29. The van der Waals surface area contributed by atoms with E-state index in [9.17, 15) is 13.2 Å². The average Bonchev–Trinajstić information content (AvgIpc) is 3.18. The molecule has 2 atom stereocenters. The zero-order valence-electron chi connectivity index (χ0n) is 16.0. The Labute approximate surface area is 179 Å². The van der Waals surface area contributed by atoms with E-state index in [4.69, 9.17) is 10.00 Å². The number of carbonyl (C=O) groups is 1. The number of ether oxygens (including phenoxy) is 1. The second kappa shape index (κ2) is 8.50. The Hall–Kier alpha value is -2.83. The first-order chi connectivity index (χ1) is 14.4. The van der Waals surface area contributed by atoms with Gasteiger partial charge in [0.1, 0.15) is 18.8 Å². The van der Waals surface area contributed by atoms with Crippen LogP contribution in [-0.2, 0) is 21.2 Å². The lowest BCUT2D eigenvalue weighted by molar-refractivity contribution is -0.116. The topological polar surface area (TPSA) is 99.8 Å². The van der Waals surface area contributed by atoms with Crippen LogP contribution >= 0.6 is 11.8 Å². The fraction of sp³-hybridized carbons (Fsp3) is 0.286. The van der Waals surface area contributed by atoms with E-state index in [0.29, 0.717) is 17.5 Å². The van der Waals surface area contributed by atoms with Crippen molar-refractivity contribution in [3.63, 3.8) is 0 Å². The molecule has 30 heavy (non-hydrogen) atoms. The van der Waals surface area contributed by atoms with Gasteiger partial charge in [-0.3, -0.25) is 4.79 Å². The highest BCUT2D eigenvalue weighted by Gasteiger charge is 2.49. The summed E-state index contributed by atoms with van der Waals surface area (Å²) < 4.78 is 30.0. The summed E-state index contributed by atoms with van der Waals surface area (Å²) in [5, 5.41) is 8.99. The van der Waals surface area contributed by atoms with Gasteiger partial charge in [-0.1, -0.05) is 42.1 Å². The zero-order chi connectivity index (χ0) is 21.1. The van der Waals surface area contributed by atoms with E-state index in [1.807, 2.05) is 54.6 Å². The van der Waals surface area contributed by atoms with Crippen LogP contribution in [0.15, 0.2) is 59.6 Å². The Balaban J connectivity index is 1.55. The molecule has 2 heterocycles. The lowest BCUT2D eigenvalue weighted by Crippen LogP contribution is -2.37. The second-order valence-electron chi connectivity index (χ2n) is 7.06. The summed E-state index contributed by atoms with van der Waals surface area (Å²) in [5.74, 6) is 0.227. The molecule has 0 radical (unpaired) electrons. The van der Waals surface area contributed by atoms with Gasteiger partial charge in [0.05, 0.1) is 23.6 Å². The molecule has 2 saturated heterocycles. The van der Waals surface area contributed by atoms with Gasteiger partial charge in [0.25, 0.3) is 5.91 Å². The largest absolute Gasteiger partial charge is 0.489 e. The molecule has 1 amide bonds. The molecule has 0 aliphatic carbocycles. The van der Waals surface area contributed by atoms with Crippen molar-refractivity contribution >= 4 is 38.4 Å². The van der Waals surface area contributed by atoms with Crippen LogP contribution in [0.4, 0.5) is 5.69 Å². The number of thioether (sulfide) groups is 1. The number of sulfone groups is 1. The summed E-state index contributed by atoms with van der Waals surface area (Å²) in [7, 11) is -3.14. The predicted octanol–water partition coefficient (Wildman–Crippen LogP) is 2.78. The number of amidine groups is 1. The molecule has 0 aromatic heterocycles. The Bertz CT molecular complexity index is 1110. The van der Waals surface area contributed by atoms with E-state index in [-0.39, 0.29) is 29.2 Å². The first-order valence-corrected chi connectivity index (χ1v) is 12.1. The maximum atomic E-state index is 12.1. The van der Waals surface area contributed by atoms with E-state index in [1.165, 1.54) is 11.8 Å². The van der Waals surface area contributed by atoms with Crippen molar-refractivity contribution in [3.05, 3.63) is 60.2 Å². The first-order valence-electron chi connectivity index (χ1n) is 9.37. The Morgan fingerprint density at radius 3 is 2.60 bits per heavy atom. The predicted molar refractivity (Wildman–Crippen MR) is 116 cm³/mol. The van der Waals surface area contributed by atoms with Gasteiger partial charge < -0.3 is 9.64 Å². The molecular formula is C21H19N3O4S2. The third-order valence-corrected chi connectivity index (χ3v) is 8.09. The molecule has 7 nitrogen and oxygen atoms in total. The lowest BCUT2D eigenvalue weighted by Gasteiger charge is -2.24. The normalized spacial score (nSPS) is 23.2. The molecule has 0 bridgehead atoms. The van der Waals surface area contributed by atoms with Crippen LogP contribution in [0.25, 0.3) is 0 Å². The van der Waals surface area contributed by atoms with Crippen molar-refractivity contribution in [2.75, 3.05) is 16.4 Å². The number of aliphatic imine (C=N–C) groups is 1. The summed E-state index contributed by atoms with van der Waals surface area (Å²) in [5.41, 5.74) is 1.80. The minimum absolute atomic E-state index is 0.0163. The quantitative estimate of drug-likeness (QED) is 0.703. The molecule has 2 fully saturated rings. The molecule has 0 unspecified atom stereocenters. The highest BCUT2D eigenvalue weighted by Crippen LogP contribution is 2.41. The SMILES string of the molecule is N#CCC(=O)N=C1S[C@H]2CS(=O)(=O)C[C@@H]2N1c1ccc(OCc2ccccc2)cc1. The van der Waals surface area contributed by atoms with Gasteiger partial charge >= 0.3 is 0 Å². The fourth-order valence-electron chi connectivity index (χ4n) is 3.52. The number of hydrogen-bond donors (Lipinski definition) is 0. The molecule has 2 aliphatic heterocycles. The van der Waals surface area contributed by atoms with E-state index in [1.54, 1.807) is 11.0 Å². The van der Waals surface area contributed by atoms with Crippen molar-refractivity contribution in [2.45, 2.75) is 24.3 Å². The molecule has 2 aliphatic rings. The van der Waals surface area contributed by atoms with E-state index in [2.05, 4.69) is 4.99 Å². The Morgan fingerprint density at radius 1 is 1.17 bits per heavy atom. The van der Waals surface area contributed by atoms with Crippen LogP contribution in [0.2, 0.25) is 0 Å². The van der Waals surface area contributed by atoms with Crippen LogP contribution in [0, 0.1) is 11.3 Å². The third-order valence-electron chi connectivity index (χ3n) is 4.88. The van der Waals surface area contributed by atoms with Crippen LogP contribution in [0.5, 0.6) is 5.75 Å². The molecule has 0 spiro atoms. The fourth-order valence-corrected chi connectivity index (χ4v) is 7.46. The third kappa shape index (κ3) is 4.50. The van der Waals surface area contributed by atoms with E-state index in [0.717, 1.165) is 11.3 Å². The van der Waals surface area contributed by atoms with Crippen molar-refractivity contribution < 1.29 is 17.9 Å². The monoisotopic (exact) mass is 441 g/mol. The van der Waals surface area contributed by atoms with Gasteiger partial charge in [-0.25, -0.2) is 8.42 Å². The maximum absolute atomic E-state index is 12.1. The molecule has 2 aromatic carbocycles. The zero-order valence-corrected chi connectivity index (χ0v) is 17.6. The summed E-state index contributed by atoms with van der Waals surface area (Å²) in [6, 6.07) is 18.6. The first kappa shape index (κ1) is 20.4. The summed E-state index contributed by atoms with van der Waals surface area (Å²) in [6.07, 6.45) is -0.308. The number of carbonyl (C=O) groups excluding carboxylic acids is 1. The van der Waals surface area contributed by atoms with Crippen molar-refractivity contribution in [1.29, 1.82) is 5.26 Å². The number of anilines is 1. The van der Waals surface area contributed by atoms with Crippen LogP contribution in [0.3, 0.4) is 0 Å². The molecule has 2 aromatic rings. The highest BCUT2D eigenvalue weighted by molar-refractivity contribution is 8.16. The van der Waals surface area contributed by atoms with Gasteiger partial charge in [0, 0.05) is 10.9 Å². The number of hydrogen-bond acceptors (Lipinski definition) is 6. The number of nitrogens with zero attached hydrogens (tertiary/aromatic N) is 3. The average molecular weight is 442 g/mol. The number of benzene rings is 2. The summed E-state index contributed by atoms with van der Waals surface area (Å²) in [6.45, 7) is 0.443. The number of rotatable bonds is 5. The minimum atomic E-state index is -3.14. The molecule has 154 valence electrons. The Morgan fingerprint density at radius 2 is 1.90 bits per heavy atom. The van der Waals surface area contributed by atoms with Gasteiger partial charge in [-0.2, -0.15) is 10.3 Å². The van der Waals surface area contributed by atoms with Gasteiger partial charge in [0.15, 0.2) is 15.0 Å². The highest BCUT2D eigenvalue weighted by atomic mass is 32.2.